The maximum atomic E-state index is 5.66. The van der Waals surface area contributed by atoms with E-state index >= 15 is 0 Å². The standard InChI is InChI=1S/C14H13BrN2O2/c15-11-3-1-6-16-14(11)17-10-4-5-12-13(9-10)19-8-2-7-18-12/h1,3-6,9H,2,7-8H2,(H,16,17). The lowest BCUT2D eigenvalue weighted by molar-refractivity contribution is 0.297. The largest absolute Gasteiger partial charge is 0.490 e. The molecule has 19 heavy (non-hydrogen) atoms. The van der Waals surface area contributed by atoms with Crippen LogP contribution in [0.2, 0.25) is 0 Å². The fraction of sp³-hybridized carbons (Fsp3) is 0.214. The number of fused-ring (bicyclic) bond motifs is 1. The Hall–Kier alpha value is -1.75. The number of pyridine rings is 1. The molecule has 0 radical (unpaired) electrons. The van der Waals surface area contributed by atoms with Gasteiger partial charge in [-0.1, -0.05) is 0 Å². The van der Waals surface area contributed by atoms with Gasteiger partial charge in [0.15, 0.2) is 11.5 Å². The van der Waals surface area contributed by atoms with Gasteiger partial charge < -0.3 is 14.8 Å². The molecule has 4 nitrogen and oxygen atoms in total. The summed E-state index contributed by atoms with van der Waals surface area (Å²) in [5.41, 5.74) is 0.920. The van der Waals surface area contributed by atoms with E-state index in [2.05, 4.69) is 26.2 Å². The molecular formula is C14H13BrN2O2. The average Bonchev–Trinajstić information content (AvgIpc) is 2.66. The molecule has 0 atom stereocenters. The molecule has 0 spiro atoms. The molecule has 1 aliphatic heterocycles. The Balaban J connectivity index is 1.86. The lowest BCUT2D eigenvalue weighted by Gasteiger charge is -2.11. The smallest absolute Gasteiger partial charge is 0.163 e. The van der Waals surface area contributed by atoms with E-state index in [0.717, 1.165) is 33.9 Å². The first-order valence-electron chi connectivity index (χ1n) is 6.10. The van der Waals surface area contributed by atoms with Crippen LogP contribution in [0, 0.1) is 0 Å². The van der Waals surface area contributed by atoms with Crippen molar-refractivity contribution in [1.82, 2.24) is 4.98 Å². The van der Waals surface area contributed by atoms with Crippen LogP contribution in [0.5, 0.6) is 11.5 Å². The third kappa shape index (κ3) is 2.81. The second-order valence-electron chi connectivity index (χ2n) is 4.17. The van der Waals surface area contributed by atoms with E-state index in [0.29, 0.717) is 13.2 Å². The number of rotatable bonds is 2. The van der Waals surface area contributed by atoms with Gasteiger partial charge in [-0.15, -0.1) is 0 Å². The molecule has 1 aliphatic rings. The summed E-state index contributed by atoms with van der Waals surface area (Å²) in [4.78, 5) is 4.27. The van der Waals surface area contributed by atoms with Crippen LogP contribution >= 0.6 is 15.9 Å². The summed E-state index contributed by atoms with van der Waals surface area (Å²) < 4.78 is 12.2. The molecule has 2 aromatic rings. The number of halogens is 1. The van der Waals surface area contributed by atoms with E-state index in [9.17, 15) is 0 Å². The molecule has 1 aromatic carbocycles. The third-order valence-corrected chi connectivity index (χ3v) is 3.41. The zero-order valence-corrected chi connectivity index (χ0v) is 11.8. The summed E-state index contributed by atoms with van der Waals surface area (Å²) in [6, 6.07) is 9.62. The van der Waals surface area contributed by atoms with Gasteiger partial charge in [0.1, 0.15) is 5.82 Å². The maximum Gasteiger partial charge on any atom is 0.163 e. The third-order valence-electron chi connectivity index (χ3n) is 2.77. The van der Waals surface area contributed by atoms with Gasteiger partial charge in [0.05, 0.1) is 17.7 Å². The number of aromatic nitrogens is 1. The predicted molar refractivity (Wildman–Crippen MR) is 77.3 cm³/mol. The van der Waals surface area contributed by atoms with Crippen molar-refractivity contribution >= 4 is 27.4 Å². The van der Waals surface area contributed by atoms with Crippen LogP contribution < -0.4 is 14.8 Å². The number of hydrogen-bond donors (Lipinski definition) is 1. The fourth-order valence-electron chi connectivity index (χ4n) is 1.86. The molecule has 0 unspecified atom stereocenters. The van der Waals surface area contributed by atoms with Crippen molar-refractivity contribution in [3.8, 4) is 11.5 Å². The molecule has 0 saturated heterocycles. The van der Waals surface area contributed by atoms with Crippen molar-refractivity contribution in [2.45, 2.75) is 6.42 Å². The Kier molecular flexibility index (Phi) is 3.55. The first-order chi connectivity index (χ1) is 9.33. The zero-order valence-electron chi connectivity index (χ0n) is 10.2. The van der Waals surface area contributed by atoms with Crippen molar-refractivity contribution in [3.05, 3.63) is 41.0 Å². The van der Waals surface area contributed by atoms with Gasteiger partial charge in [-0.3, -0.25) is 0 Å². The summed E-state index contributed by atoms with van der Waals surface area (Å²) in [6.45, 7) is 1.38. The van der Waals surface area contributed by atoms with Crippen LogP contribution in [0.3, 0.4) is 0 Å². The Morgan fingerprint density at radius 3 is 2.79 bits per heavy atom. The molecule has 2 heterocycles. The van der Waals surface area contributed by atoms with Crippen LogP contribution in [-0.4, -0.2) is 18.2 Å². The van der Waals surface area contributed by atoms with E-state index in [1.165, 1.54) is 0 Å². The zero-order chi connectivity index (χ0) is 13.1. The number of nitrogens with zero attached hydrogens (tertiary/aromatic N) is 1. The summed E-state index contributed by atoms with van der Waals surface area (Å²) in [5, 5.41) is 3.25. The monoisotopic (exact) mass is 320 g/mol. The molecule has 5 heteroatoms. The van der Waals surface area contributed by atoms with E-state index in [-0.39, 0.29) is 0 Å². The van der Waals surface area contributed by atoms with Crippen LogP contribution in [0.15, 0.2) is 41.0 Å². The molecular weight excluding hydrogens is 308 g/mol. The van der Waals surface area contributed by atoms with Gasteiger partial charge in [0.25, 0.3) is 0 Å². The highest BCUT2D eigenvalue weighted by Gasteiger charge is 2.11. The summed E-state index contributed by atoms with van der Waals surface area (Å²) in [7, 11) is 0. The Morgan fingerprint density at radius 2 is 1.95 bits per heavy atom. The molecule has 3 rings (SSSR count). The van der Waals surface area contributed by atoms with Gasteiger partial charge in [-0.05, 0) is 40.2 Å². The van der Waals surface area contributed by atoms with Crippen LogP contribution in [-0.2, 0) is 0 Å². The van der Waals surface area contributed by atoms with Gasteiger partial charge in [0.2, 0.25) is 0 Å². The minimum atomic E-state index is 0.684. The number of ether oxygens (including phenoxy) is 2. The van der Waals surface area contributed by atoms with E-state index < -0.39 is 0 Å². The topological polar surface area (TPSA) is 43.4 Å². The van der Waals surface area contributed by atoms with Gasteiger partial charge >= 0.3 is 0 Å². The molecule has 0 fully saturated rings. The van der Waals surface area contributed by atoms with Crippen LogP contribution in [0.1, 0.15) is 6.42 Å². The van der Waals surface area contributed by atoms with Gasteiger partial charge in [-0.25, -0.2) is 4.98 Å². The Bertz CT molecular complexity index is 589. The second kappa shape index (κ2) is 5.48. The SMILES string of the molecule is Brc1cccnc1Nc1ccc2c(c1)OCCCO2. The van der Waals surface area contributed by atoms with Crippen molar-refractivity contribution in [1.29, 1.82) is 0 Å². The summed E-state index contributed by atoms with van der Waals surface area (Å²) in [6.07, 6.45) is 2.65. The summed E-state index contributed by atoms with van der Waals surface area (Å²) in [5.74, 6) is 2.34. The normalized spacial score (nSPS) is 13.7. The molecule has 0 aliphatic carbocycles. The number of benzene rings is 1. The Morgan fingerprint density at radius 1 is 1.11 bits per heavy atom. The highest BCUT2D eigenvalue weighted by molar-refractivity contribution is 9.10. The molecule has 1 aromatic heterocycles. The average molecular weight is 321 g/mol. The molecule has 0 saturated carbocycles. The molecule has 1 N–H and O–H groups in total. The lowest BCUT2D eigenvalue weighted by atomic mass is 10.2. The minimum absolute atomic E-state index is 0.684. The second-order valence-corrected chi connectivity index (χ2v) is 5.03. The summed E-state index contributed by atoms with van der Waals surface area (Å²) >= 11 is 3.46. The van der Waals surface area contributed by atoms with E-state index in [1.54, 1.807) is 6.20 Å². The lowest BCUT2D eigenvalue weighted by Crippen LogP contribution is -1.97. The van der Waals surface area contributed by atoms with Crippen molar-refractivity contribution in [2.75, 3.05) is 18.5 Å². The van der Waals surface area contributed by atoms with Crippen molar-refractivity contribution in [3.63, 3.8) is 0 Å². The first kappa shape index (κ1) is 12.3. The van der Waals surface area contributed by atoms with E-state index in [1.807, 2.05) is 30.3 Å². The fourth-order valence-corrected chi connectivity index (χ4v) is 2.21. The quantitative estimate of drug-likeness (QED) is 0.915. The number of hydrogen-bond acceptors (Lipinski definition) is 4. The number of anilines is 2. The van der Waals surface area contributed by atoms with Crippen LogP contribution in [0.4, 0.5) is 11.5 Å². The maximum absolute atomic E-state index is 5.66. The van der Waals surface area contributed by atoms with Crippen LogP contribution in [0.25, 0.3) is 0 Å². The van der Waals surface area contributed by atoms with Crippen molar-refractivity contribution < 1.29 is 9.47 Å². The molecule has 98 valence electrons. The minimum Gasteiger partial charge on any atom is -0.490 e. The predicted octanol–water partition coefficient (Wildman–Crippen LogP) is 3.75. The van der Waals surface area contributed by atoms with E-state index in [4.69, 9.17) is 9.47 Å². The van der Waals surface area contributed by atoms with Gasteiger partial charge in [-0.2, -0.15) is 0 Å². The van der Waals surface area contributed by atoms with Crippen molar-refractivity contribution in [2.24, 2.45) is 0 Å². The molecule has 0 bridgehead atoms. The highest BCUT2D eigenvalue weighted by Crippen LogP contribution is 2.33. The number of nitrogens with one attached hydrogen (secondary N) is 1. The highest BCUT2D eigenvalue weighted by atomic mass is 79.9. The Labute approximate surface area is 119 Å². The molecule has 0 amide bonds. The first-order valence-corrected chi connectivity index (χ1v) is 6.89. The van der Waals surface area contributed by atoms with Gasteiger partial charge in [0, 0.05) is 24.4 Å².